The summed E-state index contributed by atoms with van der Waals surface area (Å²) in [6.45, 7) is 0. The van der Waals surface area contributed by atoms with Gasteiger partial charge in [0.05, 0.1) is 0 Å². The maximum atomic E-state index is 6.54. The molecule has 0 atom stereocenters. The lowest BCUT2D eigenvalue weighted by atomic mass is 9.95. The van der Waals surface area contributed by atoms with E-state index in [1.807, 2.05) is 84.1 Å². The highest BCUT2D eigenvalue weighted by molar-refractivity contribution is 7.26. The second-order valence-electron chi connectivity index (χ2n) is 12.0. The fourth-order valence-electron chi connectivity index (χ4n) is 6.86. The highest BCUT2D eigenvalue weighted by Gasteiger charge is 2.19. The monoisotopic (exact) mass is 631 g/mol. The van der Waals surface area contributed by atoms with Gasteiger partial charge in [-0.2, -0.15) is 0 Å². The van der Waals surface area contributed by atoms with Crippen LogP contribution in [0.1, 0.15) is 0 Å². The van der Waals surface area contributed by atoms with E-state index in [0.29, 0.717) is 17.5 Å². The molecule has 0 unspecified atom stereocenters. The van der Waals surface area contributed by atoms with E-state index < -0.39 is 0 Å². The molecule has 3 heterocycles. The van der Waals surface area contributed by atoms with Crippen molar-refractivity contribution in [1.82, 2.24) is 15.0 Å². The Hall–Kier alpha value is -6.17. The molecular formula is C43H25N3OS. The summed E-state index contributed by atoms with van der Waals surface area (Å²) >= 11 is 1.84. The Morgan fingerprint density at radius 1 is 0.396 bits per heavy atom. The molecular weight excluding hydrogens is 607 g/mol. The fourth-order valence-corrected chi connectivity index (χ4v) is 7.97. The number of para-hydroxylation sites is 1. The van der Waals surface area contributed by atoms with E-state index in [4.69, 9.17) is 19.4 Å². The summed E-state index contributed by atoms with van der Waals surface area (Å²) in [5.41, 5.74) is 6.59. The van der Waals surface area contributed by atoms with Gasteiger partial charge in [-0.3, -0.25) is 0 Å². The molecule has 4 nitrogen and oxygen atoms in total. The zero-order valence-corrected chi connectivity index (χ0v) is 26.4. The average Bonchev–Trinajstić information content (AvgIpc) is 3.73. The van der Waals surface area contributed by atoms with Crippen LogP contribution in [0.4, 0.5) is 0 Å². The van der Waals surface area contributed by atoms with Crippen LogP contribution >= 0.6 is 11.3 Å². The highest BCUT2D eigenvalue weighted by atomic mass is 32.1. The fraction of sp³-hybridized carbons (Fsp3) is 0. The minimum absolute atomic E-state index is 0.597. The highest BCUT2D eigenvalue weighted by Crippen LogP contribution is 2.44. The maximum Gasteiger partial charge on any atom is 0.164 e. The van der Waals surface area contributed by atoms with Gasteiger partial charge in [-0.15, -0.1) is 11.3 Å². The summed E-state index contributed by atoms with van der Waals surface area (Å²) in [4.78, 5) is 15.0. The number of furan rings is 1. The van der Waals surface area contributed by atoms with E-state index in [0.717, 1.165) is 49.8 Å². The van der Waals surface area contributed by atoms with Gasteiger partial charge in [0.25, 0.3) is 0 Å². The van der Waals surface area contributed by atoms with Crippen molar-refractivity contribution in [2.45, 2.75) is 0 Å². The van der Waals surface area contributed by atoms with E-state index >= 15 is 0 Å². The Morgan fingerprint density at radius 3 is 1.77 bits per heavy atom. The Balaban J connectivity index is 1.26. The number of nitrogens with zero attached hydrogens (tertiary/aromatic N) is 3. The molecule has 0 aliphatic heterocycles. The lowest BCUT2D eigenvalue weighted by Crippen LogP contribution is -2.00. The largest absolute Gasteiger partial charge is 0.456 e. The molecule has 0 spiro atoms. The molecule has 0 amide bonds. The van der Waals surface area contributed by atoms with Crippen molar-refractivity contribution >= 4 is 64.2 Å². The first-order valence-corrected chi connectivity index (χ1v) is 16.8. The van der Waals surface area contributed by atoms with Crippen LogP contribution in [0, 0.1) is 0 Å². The molecule has 224 valence electrons. The van der Waals surface area contributed by atoms with Crippen molar-refractivity contribution in [1.29, 1.82) is 0 Å². The second-order valence-corrected chi connectivity index (χ2v) is 13.1. The first-order chi connectivity index (χ1) is 23.8. The Bertz CT molecular complexity index is 2780. The molecule has 10 aromatic rings. The summed E-state index contributed by atoms with van der Waals surface area (Å²) in [7, 11) is 0. The van der Waals surface area contributed by atoms with Crippen molar-refractivity contribution in [3.8, 4) is 45.3 Å². The Kier molecular flexibility index (Phi) is 6.01. The maximum absolute atomic E-state index is 6.54. The van der Waals surface area contributed by atoms with Gasteiger partial charge in [0.2, 0.25) is 0 Å². The van der Waals surface area contributed by atoms with Crippen molar-refractivity contribution in [3.63, 3.8) is 0 Å². The van der Waals surface area contributed by atoms with Gasteiger partial charge in [-0.05, 0) is 58.3 Å². The molecule has 0 aliphatic rings. The molecule has 0 N–H and O–H groups in total. The normalized spacial score (nSPS) is 11.8. The molecule has 7 aromatic carbocycles. The van der Waals surface area contributed by atoms with Gasteiger partial charge in [-0.1, -0.05) is 115 Å². The average molecular weight is 632 g/mol. The standard InChI is InChI=1S/C43H25N3OS/c1-3-12-27(13-4-1)41-44-42(28-14-5-2-6-15-28)46-43(45-41)30-24-33(39-32-17-9-10-18-35(32)47-36(39)25-30)29-20-21-37-34(23-29)40-31-16-8-7-11-26(31)19-22-38(40)48-37/h1-25H. The van der Waals surface area contributed by atoms with Crippen LogP contribution in [0.3, 0.4) is 0 Å². The summed E-state index contributed by atoms with van der Waals surface area (Å²) < 4.78 is 9.10. The van der Waals surface area contributed by atoms with Gasteiger partial charge in [-0.25, -0.2) is 15.0 Å². The molecule has 0 radical (unpaired) electrons. The quantitative estimate of drug-likeness (QED) is 0.194. The predicted octanol–water partition coefficient (Wildman–Crippen LogP) is 12.0. The first-order valence-electron chi connectivity index (χ1n) is 15.9. The zero-order valence-electron chi connectivity index (χ0n) is 25.6. The van der Waals surface area contributed by atoms with E-state index in [9.17, 15) is 0 Å². The van der Waals surface area contributed by atoms with Gasteiger partial charge in [0, 0.05) is 47.6 Å². The SMILES string of the molecule is c1ccc(-c2nc(-c3ccccc3)nc(-c3cc(-c4ccc5sc6ccc7ccccc7c6c5c4)c4c(c3)oc3ccccc34)n2)cc1. The van der Waals surface area contributed by atoms with Crippen molar-refractivity contribution < 1.29 is 4.42 Å². The van der Waals surface area contributed by atoms with Crippen molar-refractivity contribution in [2.24, 2.45) is 0 Å². The van der Waals surface area contributed by atoms with E-state index in [1.165, 1.54) is 30.9 Å². The minimum atomic E-state index is 0.597. The van der Waals surface area contributed by atoms with Crippen LogP contribution in [0.2, 0.25) is 0 Å². The summed E-state index contributed by atoms with van der Waals surface area (Å²) in [5.74, 6) is 1.85. The lowest BCUT2D eigenvalue weighted by molar-refractivity contribution is 0.669. The zero-order chi connectivity index (χ0) is 31.6. The van der Waals surface area contributed by atoms with E-state index in [-0.39, 0.29) is 0 Å². The van der Waals surface area contributed by atoms with Crippen molar-refractivity contribution in [3.05, 3.63) is 152 Å². The summed E-state index contributed by atoms with van der Waals surface area (Å²) in [6.07, 6.45) is 0. The number of rotatable bonds is 4. The molecule has 0 bridgehead atoms. The van der Waals surface area contributed by atoms with Gasteiger partial charge in [0.15, 0.2) is 17.5 Å². The summed E-state index contributed by atoms with van der Waals surface area (Å²) in [5, 5.41) is 7.25. The van der Waals surface area contributed by atoms with Gasteiger partial charge < -0.3 is 4.42 Å². The second kappa shape index (κ2) is 10.7. The number of benzene rings is 7. The van der Waals surface area contributed by atoms with Crippen LogP contribution in [0.15, 0.2) is 156 Å². The number of aromatic nitrogens is 3. The molecule has 10 rings (SSSR count). The van der Waals surface area contributed by atoms with Gasteiger partial charge in [0.1, 0.15) is 11.2 Å². The molecule has 0 saturated heterocycles. The Labute approximate surface area is 279 Å². The predicted molar refractivity (Wildman–Crippen MR) is 199 cm³/mol. The smallest absolute Gasteiger partial charge is 0.164 e. The van der Waals surface area contributed by atoms with Crippen molar-refractivity contribution in [2.75, 3.05) is 0 Å². The van der Waals surface area contributed by atoms with E-state index in [1.54, 1.807) is 0 Å². The number of fused-ring (bicyclic) bond motifs is 8. The molecule has 5 heteroatoms. The third-order valence-corrected chi connectivity index (χ3v) is 10.2. The van der Waals surface area contributed by atoms with E-state index in [2.05, 4.69) is 78.9 Å². The van der Waals surface area contributed by atoms with Crippen LogP contribution < -0.4 is 0 Å². The Morgan fingerprint density at radius 2 is 1.02 bits per heavy atom. The topological polar surface area (TPSA) is 51.8 Å². The third-order valence-electron chi connectivity index (χ3n) is 9.11. The lowest BCUT2D eigenvalue weighted by Gasteiger charge is -2.11. The van der Waals surface area contributed by atoms with Gasteiger partial charge >= 0.3 is 0 Å². The molecule has 0 fully saturated rings. The summed E-state index contributed by atoms with van der Waals surface area (Å²) in [6, 6.07) is 52.7. The third kappa shape index (κ3) is 4.33. The van der Waals surface area contributed by atoms with Crippen LogP contribution in [0.25, 0.3) is 98.2 Å². The van der Waals surface area contributed by atoms with Crippen LogP contribution in [-0.2, 0) is 0 Å². The van der Waals surface area contributed by atoms with Crippen LogP contribution in [0.5, 0.6) is 0 Å². The minimum Gasteiger partial charge on any atom is -0.456 e. The molecule has 48 heavy (non-hydrogen) atoms. The van der Waals surface area contributed by atoms with Crippen LogP contribution in [-0.4, -0.2) is 15.0 Å². The molecule has 3 aromatic heterocycles. The number of thiophene rings is 1. The number of hydrogen-bond donors (Lipinski definition) is 0. The number of hydrogen-bond acceptors (Lipinski definition) is 5. The first kappa shape index (κ1) is 27.0. The molecule has 0 saturated carbocycles. The molecule has 0 aliphatic carbocycles.